The number of hydrogen-bond donors (Lipinski definition) is 2. The van der Waals surface area contributed by atoms with Crippen molar-refractivity contribution >= 4 is 11.8 Å². The number of amides is 2. The first-order valence-electron chi connectivity index (χ1n) is 5.77. The minimum Gasteiger partial charge on any atom is -0.507 e. The van der Waals surface area contributed by atoms with Gasteiger partial charge in [0.25, 0.3) is 5.91 Å². The molecule has 0 bridgehead atoms. The first kappa shape index (κ1) is 14.0. The number of rotatable bonds is 4. The molecule has 0 aliphatic rings. The number of carbonyl (C=O) groups is 2. The first-order chi connectivity index (χ1) is 8.45. The molecule has 1 aromatic rings. The molecule has 0 spiro atoms. The predicted octanol–water partition coefficient (Wildman–Crippen LogP) is 0.909. The van der Waals surface area contributed by atoms with Crippen LogP contribution < -0.4 is 5.32 Å². The van der Waals surface area contributed by atoms with Crippen LogP contribution in [0.3, 0.4) is 0 Å². The Kier molecular flexibility index (Phi) is 4.71. The van der Waals surface area contributed by atoms with E-state index < -0.39 is 0 Å². The molecule has 18 heavy (non-hydrogen) atoms. The Labute approximate surface area is 106 Å². The average Bonchev–Trinajstić information content (AvgIpc) is 2.31. The normalized spacial score (nSPS) is 9.94. The molecule has 2 amide bonds. The lowest BCUT2D eigenvalue weighted by atomic mass is 10.1. The largest absolute Gasteiger partial charge is 0.507 e. The maximum Gasteiger partial charge on any atom is 0.257 e. The van der Waals surface area contributed by atoms with Crippen molar-refractivity contribution in [3.8, 4) is 5.75 Å². The van der Waals surface area contributed by atoms with Crippen LogP contribution in [0.2, 0.25) is 0 Å². The molecule has 0 atom stereocenters. The summed E-state index contributed by atoms with van der Waals surface area (Å²) in [5.41, 5.74) is 1.09. The number of carbonyl (C=O) groups excluding carboxylic acids is 2. The van der Waals surface area contributed by atoms with Gasteiger partial charge >= 0.3 is 0 Å². The van der Waals surface area contributed by atoms with E-state index in [-0.39, 0.29) is 29.7 Å². The van der Waals surface area contributed by atoms with Gasteiger partial charge in [0.1, 0.15) is 5.75 Å². The van der Waals surface area contributed by atoms with Crippen molar-refractivity contribution < 1.29 is 14.7 Å². The second-order valence-corrected chi connectivity index (χ2v) is 4.14. The van der Waals surface area contributed by atoms with E-state index in [1.54, 1.807) is 12.1 Å². The van der Waals surface area contributed by atoms with Crippen molar-refractivity contribution in [3.05, 3.63) is 29.3 Å². The summed E-state index contributed by atoms with van der Waals surface area (Å²) in [5, 5.41) is 12.3. The van der Waals surface area contributed by atoms with Crippen LogP contribution in [0.1, 0.15) is 22.8 Å². The summed E-state index contributed by atoms with van der Waals surface area (Å²) in [6.45, 7) is 4.14. The Morgan fingerprint density at radius 3 is 2.67 bits per heavy atom. The van der Waals surface area contributed by atoms with Crippen molar-refractivity contribution in [2.24, 2.45) is 0 Å². The van der Waals surface area contributed by atoms with E-state index in [1.165, 1.54) is 18.0 Å². The molecule has 0 saturated carbocycles. The molecule has 0 saturated heterocycles. The summed E-state index contributed by atoms with van der Waals surface area (Å²) in [6.07, 6.45) is 0. The highest BCUT2D eigenvalue weighted by atomic mass is 16.3. The zero-order valence-corrected chi connectivity index (χ0v) is 10.9. The number of aromatic hydroxyl groups is 1. The molecular weight excluding hydrogens is 232 g/mol. The Balaban J connectivity index is 2.80. The van der Waals surface area contributed by atoms with Crippen LogP contribution in [-0.4, -0.2) is 42.0 Å². The first-order valence-corrected chi connectivity index (χ1v) is 5.77. The molecule has 1 aromatic carbocycles. The standard InChI is InChI=1S/C13H18N2O3/c1-4-14-12(17)8-15(3)13(18)10-7-9(2)5-6-11(10)16/h5-7,16H,4,8H2,1-3H3,(H,14,17). The molecule has 5 heteroatoms. The zero-order chi connectivity index (χ0) is 13.7. The van der Waals surface area contributed by atoms with Crippen LogP contribution in [0.5, 0.6) is 5.75 Å². The molecule has 1 rings (SSSR count). The molecule has 2 N–H and O–H groups in total. The van der Waals surface area contributed by atoms with Crippen molar-refractivity contribution in [2.45, 2.75) is 13.8 Å². The van der Waals surface area contributed by atoms with Crippen LogP contribution >= 0.6 is 0 Å². The molecule has 0 aromatic heterocycles. The highest BCUT2D eigenvalue weighted by Gasteiger charge is 2.17. The summed E-state index contributed by atoms with van der Waals surface area (Å²) < 4.78 is 0. The summed E-state index contributed by atoms with van der Waals surface area (Å²) in [4.78, 5) is 24.7. The Hall–Kier alpha value is -2.04. The molecule has 0 fully saturated rings. The molecule has 0 radical (unpaired) electrons. The highest BCUT2D eigenvalue weighted by Crippen LogP contribution is 2.19. The number of nitrogens with one attached hydrogen (secondary N) is 1. The van der Waals surface area contributed by atoms with Crippen molar-refractivity contribution in [2.75, 3.05) is 20.1 Å². The number of likely N-dealkylation sites (N-methyl/N-ethyl adjacent to an activating group) is 2. The zero-order valence-electron chi connectivity index (χ0n) is 10.9. The van der Waals surface area contributed by atoms with Crippen molar-refractivity contribution in [1.29, 1.82) is 0 Å². The van der Waals surface area contributed by atoms with E-state index in [4.69, 9.17) is 0 Å². The van der Waals surface area contributed by atoms with Crippen LogP contribution in [-0.2, 0) is 4.79 Å². The van der Waals surface area contributed by atoms with Gasteiger partial charge in [-0.15, -0.1) is 0 Å². The minimum atomic E-state index is -0.373. The minimum absolute atomic E-state index is 0.0277. The Morgan fingerprint density at radius 2 is 2.06 bits per heavy atom. The third-order valence-corrected chi connectivity index (χ3v) is 2.48. The Morgan fingerprint density at radius 1 is 1.39 bits per heavy atom. The summed E-state index contributed by atoms with van der Waals surface area (Å²) in [6, 6.07) is 4.80. The molecular formula is C13H18N2O3. The fourth-order valence-electron chi connectivity index (χ4n) is 1.57. The average molecular weight is 250 g/mol. The fraction of sp³-hybridized carbons (Fsp3) is 0.385. The van der Waals surface area contributed by atoms with Crippen molar-refractivity contribution in [1.82, 2.24) is 10.2 Å². The smallest absolute Gasteiger partial charge is 0.257 e. The lowest BCUT2D eigenvalue weighted by molar-refractivity contribution is -0.121. The van der Waals surface area contributed by atoms with Gasteiger partial charge < -0.3 is 15.3 Å². The fourth-order valence-corrected chi connectivity index (χ4v) is 1.57. The van der Waals surface area contributed by atoms with Gasteiger partial charge in [0.2, 0.25) is 5.91 Å². The van der Waals surface area contributed by atoms with Gasteiger partial charge in [0, 0.05) is 13.6 Å². The van der Waals surface area contributed by atoms with Crippen LogP contribution in [0, 0.1) is 6.92 Å². The second-order valence-electron chi connectivity index (χ2n) is 4.14. The van der Waals surface area contributed by atoms with Gasteiger partial charge in [0.05, 0.1) is 12.1 Å². The number of nitrogens with zero attached hydrogens (tertiary/aromatic N) is 1. The van der Waals surface area contributed by atoms with Gasteiger partial charge in [-0.1, -0.05) is 11.6 Å². The lowest BCUT2D eigenvalue weighted by Gasteiger charge is -2.17. The van der Waals surface area contributed by atoms with E-state index in [1.807, 2.05) is 13.8 Å². The third-order valence-electron chi connectivity index (χ3n) is 2.48. The van der Waals surface area contributed by atoms with Gasteiger partial charge in [-0.3, -0.25) is 9.59 Å². The molecule has 0 aliphatic heterocycles. The van der Waals surface area contributed by atoms with E-state index in [9.17, 15) is 14.7 Å². The second kappa shape index (κ2) is 6.05. The quantitative estimate of drug-likeness (QED) is 0.834. The van der Waals surface area contributed by atoms with Gasteiger partial charge in [-0.2, -0.15) is 0 Å². The molecule has 0 heterocycles. The summed E-state index contributed by atoms with van der Waals surface area (Å²) >= 11 is 0. The predicted molar refractivity (Wildman–Crippen MR) is 68.5 cm³/mol. The number of aryl methyl sites for hydroxylation is 1. The number of hydrogen-bond acceptors (Lipinski definition) is 3. The van der Waals surface area contributed by atoms with Crippen LogP contribution in [0.15, 0.2) is 18.2 Å². The topological polar surface area (TPSA) is 69.6 Å². The van der Waals surface area contributed by atoms with E-state index in [0.29, 0.717) is 6.54 Å². The van der Waals surface area contributed by atoms with E-state index >= 15 is 0 Å². The van der Waals surface area contributed by atoms with Gasteiger partial charge in [0.15, 0.2) is 0 Å². The molecule has 0 aliphatic carbocycles. The van der Waals surface area contributed by atoms with Gasteiger partial charge in [-0.25, -0.2) is 0 Å². The maximum absolute atomic E-state index is 12.0. The van der Waals surface area contributed by atoms with E-state index in [0.717, 1.165) is 5.56 Å². The molecule has 0 unspecified atom stereocenters. The summed E-state index contributed by atoms with van der Waals surface area (Å²) in [5.74, 6) is -0.670. The lowest BCUT2D eigenvalue weighted by Crippen LogP contribution is -2.38. The monoisotopic (exact) mass is 250 g/mol. The summed E-state index contributed by atoms with van der Waals surface area (Å²) in [7, 11) is 1.53. The SMILES string of the molecule is CCNC(=O)CN(C)C(=O)c1cc(C)ccc1O. The molecule has 5 nitrogen and oxygen atoms in total. The van der Waals surface area contributed by atoms with E-state index in [2.05, 4.69) is 5.32 Å². The number of benzene rings is 1. The third kappa shape index (κ3) is 3.48. The van der Waals surface area contributed by atoms with Crippen LogP contribution in [0.25, 0.3) is 0 Å². The number of phenols is 1. The molecule has 98 valence electrons. The highest BCUT2D eigenvalue weighted by molar-refractivity contribution is 5.98. The van der Waals surface area contributed by atoms with Gasteiger partial charge in [-0.05, 0) is 26.0 Å². The van der Waals surface area contributed by atoms with Crippen molar-refractivity contribution in [3.63, 3.8) is 0 Å². The number of phenolic OH excluding ortho intramolecular Hbond substituents is 1. The van der Waals surface area contributed by atoms with Crippen LogP contribution in [0.4, 0.5) is 0 Å². The Bertz CT molecular complexity index is 458. The maximum atomic E-state index is 12.0.